The molecule has 1 aromatic rings. The van der Waals surface area contributed by atoms with Crippen LogP contribution >= 0.6 is 11.6 Å². The molecule has 1 aromatic carbocycles. The number of hydrogen-bond donors (Lipinski definition) is 0. The van der Waals surface area contributed by atoms with Gasteiger partial charge in [-0.05, 0) is 43.0 Å². The van der Waals surface area contributed by atoms with Crippen molar-refractivity contribution in [1.29, 1.82) is 0 Å². The molecule has 0 radical (unpaired) electrons. The van der Waals surface area contributed by atoms with Crippen LogP contribution in [-0.2, 0) is 27.5 Å². The zero-order chi connectivity index (χ0) is 17.7. The van der Waals surface area contributed by atoms with E-state index in [-0.39, 0.29) is 29.6 Å². The van der Waals surface area contributed by atoms with Crippen molar-refractivity contribution in [3.05, 3.63) is 34.3 Å². The molecule has 0 spiro atoms. The first-order chi connectivity index (χ1) is 12.0. The normalized spacial score (nSPS) is 26.6. The van der Waals surface area contributed by atoms with Crippen LogP contribution in [0.4, 0.5) is 0 Å². The second kappa shape index (κ2) is 6.13. The Kier molecular flexibility index (Phi) is 4.07. The number of likely N-dealkylation sites (tertiary alicyclic amines) is 1. The predicted molar refractivity (Wildman–Crippen MR) is 92.5 cm³/mol. The number of amides is 3. The molecule has 3 aliphatic rings. The Bertz CT molecular complexity index is 739. The minimum atomic E-state index is -0.740. The topological polar surface area (TPSA) is 57.7 Å². The summed E-state index contributed by atoms with van der Waals surface area (Å²) in [5, 5.41) is 0.648. The summed E-state index contributed by atoms with van der Waals surface area (Å²) < 4.78 is 0. The third kappa shape index (κ3) is 2.65. The molecule has 1 saturated carbocycles. The Morgan fingerprint density at radius 2 is 1.68 bits per heavy atom. The van der Waals surface area contributed by atoms with E-state index < -0.39 is 6.04 Å². The van der Waals surface area contributed by atoms with Crippen molar-refractivity contribution in [2.45, 2.75) is 51.7 Å². The highest BCUT2D eigenvalue weighted by molar-refractivity contribution is 6.30. The maximum absolute atomic E-state index is 12.9. The van der Waals surface area contributed by atoms with Crippen molar-refractivity contribution < 1.29 is 14.4 Å². The van der Waals surface area contributed by atoms with E-state index in [0.29, 0.717) is 18.1 Å². The molecule has 3 unspecified atom stereocenters. The molecule has 132 valence electrons. The van der Waals surface area contributed by atoms with Crippen molar-refractivity contribution in [1.82, 2.24) is 9.80 Å². The second-order valence-corrected chi connectivity index (χ2v) is 7.76. The minimum Gasteiger partial charge on any atom is -0.332 e. The molecule has 0 bridgehead atoms. The van der Waals surface area contributed by atoms with Gasteiger partial charge in [0.25, 0.3) is 0 Å². The molecule has 25 heavy (non-hydrogen) atoms. The van der Waals surface area contributed by atoms with Gasteiger partial charge in [0.15, 0.2) is 0 Å². The lowest BCUT2D eigenvalue weighted by Gasteiger charge is -2.26. The minimum absolute atomic E-state index is 0.157. The van der Waals surface area contributed by atoms with E-state index in [1.54, 1.807) is 11.8 Å². The smallest absolute Gasteiger partial charge is 0.246 e. The number of carbonyl (C=O) groups is 3. The van der Waals surface area contributed by atoms with Gasteiger partial charge in [-0.25, -0.2) is 0 Å². The van der Waals surface area contributed by atoms with Gasteiger partial charge in [0.2, 0.25) is 17.7 Å². The average molecular weight is 361 g/mol. The van der Waals surface area contributed by atoms with Crippen molar-refractivity contribution in [2.24, 2.45) is 11.8 Å². The highest BCUT2D eigenvalue weighted by atomic mass is 35.5. The molecule has 4 rings (SSSR count). The lowest BCUT2D eigenvalue weighted by Crippen LogP contribution is -2.48. The number of halogens is 1. The van der Waals surface area contributed by atoms with Crippen molar-refractivity contribution >= 4 is 29.3 Å². The Morgan fingerprint density at radius 3 is 2.32 bits per heavy atom. The predicted octanol–water partition coefficient (Wildman–Crippen LogP) is 2.75. The second-order valence-electron chi connectivity index (χ2n) is 7.33. The van der Waals surface area contributed by atoms with E-state index >= 15 is 0 Å². The summed E-state index contributed by atoms with van der Waals surface area (Å²) in [5.74, 6) is -0.921. The van der Waals surface area contributed by atoms with Gasteiger partial charge in [-0.1, -0.05) is 30.5 Å². The van der Waals surface area contributed by atoms with Crippen LogP contribution in [-0.4, -0.2) is 33.6 Å². The molecular formula is C19H21ClN2O3. The Morgan fingerprint density at radius 1 is 1.08 bits per heavy atom. The fourth-order valence-corrected chi connectivity index (χ4v) is 4.66. The summed E-state index contributed by atoms with van der Waals surface area (Å²) in [6.45, 7) is 2.65. The van der Waals surface area contributed by atoms with Gasteiger partial charge in [0, 0.05) is 18.1 Å². The maximum atomic E-state index is 12.9. The van der Waals surface area contributed by atoms with E-state index in [1.807, 2.05) is 18.2 Å². The van der Waals surface area contributed by atoms with Crippen molar-refractivity contribution in [3.8, 4) is 0 Å². The third-order valence-corrected chi connectivity index (χ3v) is 6.06. The third-order valence-electron chi connectivity index (χ3n) is 5.82. The summed E-state index contributed by atoms with van der Waals surface area (Å²) >= 11 is 6.02. The van der Waals surface area contributed by atoms with Gasteiger partial charge >= 0.3 is 0 Å². The van der Waals surface area contributed by atoms with Crippen molar-refractivity contribution in [2.75, 3.05) is 0 Å². The summed E-state index contributed by atoms with van der Waals surface area (Å²) in [4.78, 5) is 41.2. The quantitative estimate of drug-likeness (QED) is 0.762. The standard InChI is InChI=1S/C19H21ClN2O3/c1-11(22-18(24)15-4-2-3-5-16(15)19(22)25)17(23)21-9-12-6-7-14(20)8-13(12)10-21/h6-8,11,15-16H,2-5,9-10H2,1H3. The van der Waals surface area contributed by atoms with Crippen LogP contribution in [0.1, 0.15) is 43.7 Å². The summed E-state index contributed by atoms with van der Waals surface area (Å²) in [6.07, 6.45) is 3.50. The number of fused-ring (bicyclic) bond motifs is 2. The lowest BCUT2D eigenvalue weighted by molar-refractivity contribution is -0.151. The van der Waals surface area contributed by atoms with E-state index in [0.717, 1.165) is 36.8 Å². The van der Waals surface area contributed by atoms with Gasteiger partial charge < -0.3 is 4.90 Å². The Labute approximate surface area is 151 Å². The van der Waals surface area contributed by atoms with E-state index in [9.17, 15) is 14.4 Å². The number of nitrogens with zero attached hydrogens (tertiary/aromatic N) is 2. The highest BCUT2D eigenvalue weighted by Gasteiger charge is 2.51. The van der Waals surface area contributed by atoms with E-state index in [4.69, 9.17) is 11.6 Å². The Hall–Kier alpha value is -1.88. The zero-order valence-electron chi connectivity index (χ0n) is 14.2. The van der Waals surface area contributed by atoms with Crippen LogP contribution in [0.5, 0.6) is 0 Å². The molecule has 3 amide bonds. The first kappa shape index (κ1) is 16.6. The molecule has 0 aromatic heterocycles. The summed E-state index contributed by atoms with van der Waals surface area (Å²) in [6, 6.07) is 4.87. The molecule has 2 fully saturated rings. The molecule has 0 N–H and O–H groups in total. The molecule has 5 nitrogen and oxygen atoms in total. The van der Waals surface area contributed by atoms with Crippen LogP contribution in [0.25, 0.3) is 0 Å². The molecule has 2 heterocycles. The summed E-state index contributed by atoms with van der Waals surface area (Å²) in [7, 11) is 0. The molecular weight excluding hydrogens is 340 g/mol. The molecule has 1 aliphatic carbocycles. The van der Waals surface area contributed by atoms with Gasteiger partial charge in [0.05, 0.1) is 11.8 Å². The lowest BCUT2D eigenvalue weighted by atomic mass is 9.81. The zero-order valence-corrected chi connectivity index (χ0v) is 15.0. The van der Waals surface area contributed by atoms with Gasteiger partial charge in [-0.2, -0.15) is 0 Å². The van der Waals surface area contributed by atoms with Crippen LogP contribution in [0.3, 0.4) is 0 Å². The van der Waals surface area contributed by atoms with Gasteiger partial charge in [-0.3, -0.25) is 19.3 Å². The summed E-state index contributed by atoms with van der Waals surface area (Å²) in [5.41, 5.74) is 2.10. The van der Waals surface area contributed by atoms with Gasteiger partial charge in [0.1, 0.15) is 6.04 Å². The molecule has 6 heteroatoms. The monoisotopic (exact) mass is 360 g/mol. The van der Waals surface area contributed by atoms with Crippen LogP contribution in [0.15, 0.2) is 18.2 Å². The highest BCUT2D eigenvalue weighted by Crippen LogP contribution is 2.39. The molecule has 2 aliphatic heterocycles. The van der Waals surface area contributed by atoms with Crippen LogP contribution in [0.2, 0.25) is 5.02 Å². The fourth-order valence-electron chi connectivity index (χ4n) is 4.46. The fraction of sp³-hybridized carbons (Fsp3) is 0.526. The Balaban J connectivity index is 1.51. The number of benzene rings is 1. The largest absolute Gasteiger partial charge is 0.332 e. The van der Waals surface area contributed by atoms with Gasteiger partial charge in [-0.15, -0.1) is 0 Å². The average Bonchev–Trinajstić information content (AvgIpc) is 3.13. The number of hydrogen-bond acceptors (Lipinski definition) is 3. The van der Waals surface area contributed by atoms with Crippen LogP contribution in [0, 0.1) is 11.8 Å². The molecule has 3 atom stereocenters. The number of imide groups is 1. The van der Waals surface area contributed by atoms with E-state index in [1.165, 1.54) is 4.90 Å². The van der Waals surface area contributed by atoms with E-state index in [2.05, 4.69) is 0 Å². The molecule has 1 saturated heterocycles. The van der Waals surface area contributed by atoms with Crippen molar-refractivity contribution in [3.63, 3.8) is 0 Å². The van der Waals surface area contributed by atoms with Crippen LogP contribution < -0.4 is 0 Å². The maximum Gasteiger partial charge on any atom is 0.246 e. The first-order valence-electron chi connectivity index (χ1n) is 8.90. The SMILES string of the molecule is CC(C(=O)N1Cc2ccc(Cl)cc2C1)N1C(=O)C2CCCCC2C1=O. The number of rotatable bonds is 2. The number of carbonyl (C=O) groups excluding carboxylic acids is 3. The first-order valence-corrected chi connectivity index (χ1v) is 9.28.